The molecule has 1 unspecified atom stereocenters. The Morgan fingerprint density at radius 2 is 2.00 bits per heavy atom. The van der Waals surface area contributed by atoms with Crippen LogP contribution in [-0.2, 0) is 0 Å². The van der Waals surface area contributed by atoms with Crippen molar-refractivity contribution in [3.05, 3.63) is 66.1 Å². The number of piperidine rings is 1. The molecule has 8 heteroatoms. The van der Waals surface area contributed by atoms with Crippen molar-refractivity contribution in [2.45, 2.75) is 18.9 Å². The number of amides is 2. The van der Waals surface area contributed by atoms with Crippen LogP contribution in [0.1, 0.15) is 39.7 Å². The number of nitrogens with one attached hydrogen (secondary N) is 1. The van der Waals surface area contributed by atoms with E-state index < -0.39 is 0 Å². The van der Waals surface area contributed by atoms with Crippen molar-refractivity contribution in [2.75, 3.05) is 20.1 Å². The topological polar surface area (TPSA) is 93.0 Å². The predicted octanol–water partition coefficient (Wildman–Crippen LogP) is 2.18. The van der Waals surface area contributed by atoms with Crippen LogP contribution in [0.25, 0.3) is 11.3 Å². The predicted molar refractivity (Wildman–Crippen MR) is 107 cm³/mol. The molecule has 29 heavy (non-hydrogen) atoms. The number of likely N-dealkylation sites (tertiary alicyclic amines) is 1. The summed E-state index contributed by atoms with van der Waals surface area (Å²) in [5.74, 6) is -0.288. The molecule has 0 saturated carbocycles. The number of carbonyl (C=O) groups excluding carboxylic acids is 2. The molecule has 1 aromatic carbocycles. The third kappa shape index (κ3) is 4.01. The van der Waals surface area contributed by atoms with Crippen LogP contribution in [0.4, 0.5) is 0 Å². The zero-order chi connectivity index (χ0) is 20.2. The van der Waals surface area contributed by atoms with Crippen LogP contribution in [0.5, 0.6) is 0 Å². The first-order chi connectivity index (χ1) is 14.2. The third-order valence-corrected chi connectivity index (χ3v) is 5.10. The fourth-order valence-corrected chi connectivity index (χ4v) is 3.56. The molecule has 148 valence electrons. The van der Waals surface area contributed by atoms with Crippen molar-refractivity contribution >= 4 is 11.8 Å². The second-order valence-electron chi connectivity index (χ2n) is 7.00. The zero-order valence-electron chi connectivity index (χ0n) is 16.2. The summed E-state index contributed by atoms with van der Waals surface area (Å²) in [6.07, 6.45) is 5.08. The summed E-state index contributed by atoms with van der Waals surface area (Å²) < 4.78 is 1.78. The molecule has 0 spiro atoms. The monoisotopic (exact) mass is 390 g/mol. The van der Waals surface area contributed by atoms with Gasteiger partial charge in [-0.25, -0.2) is 0 Å². The maximum atomic E-state index is 13.1. The highest BCUT2D eigenvalue weighted by atomic mass is 16.2. The largest absolute Gasteiger partial charge is 0.354 e. The second kappa shape index (κ2) is 8.22. The molecule has 1 saturated heterocycles. The molecule has 0 bridgehead atoms. The van der Waals surface area contributed by atoms with Crippen molar-refractivity contribution in [3.63, 3.8) is 0 Å². The van der Waals surface area contributed by atoms with Crippen LogP contribution >= 0.6 is 0 Å². The quantitative estimate of drug-likeness (QED) is 0.737. The average molecular weight is 390 g/mol. The Morgan fingerprint density at radius 1 is 1.17 bits per heavy atom. The highest BCUT2D eigenvalue weighted by molar-refractivity contribution is 5.95. The Morgan fingerprint density at radius 3 is 2.79 bits per heavy atom. The maximum Gasteiger partial charge on any atom is 0.271 e. The summed E-state index contributed by atoms with van der Waals surface area (Å²) >= 11 is 0. The Balaban J connectivity index is 1.51. The first kappa shape index (κ1) is 18.8. The summed E-state index contributed by atoms with van der Waals surface area (Å²) in [7, 11) is 1.58. The van der Waals surface area contributed by atoms with Gasteiger partial charge in [-0.2, -0.15) is 15.3 Å². The second-order valence-corrected chi connectivity index (χ2v) is 7.00. The first-order valence-corrected chi connectivity index (χ1v) is 9.60. The smallest absolute Gasteiger partial charge is 0.271 e. The lowest BCUT2D eigenvalue weighted by atomic mass is 10.0. The zero-order valence-corrected chi connectivity index (χ0v) is 16.2. The molecule has 2 amide bonds. The van der Waals surface area contributed by atoms with Gasteiger partial charge in [0.15, 0.2) is 0 Å². The number of hydrogen-bond donors (Lipinski definition) is 1. The van der Waals surface area contributed by atoms with Gasteiger partial charge < -0.3 is 10.2 Å². The summed E-state index contributed by atoms with van der Waals surface area (Å²) in [5, 5.41) is 15.1. The highest BCUT2D eigenvalue weighted by Gasteiger charge is 2.27. The molecule has 1 fully saturated rings. The average Bonchev–Trinajstić information content (AvgIpc) is 3.29. The summed E-state index contributed by atoms with van der Waals surface area (Å²) in [6.45, 7) is 1.22. The van der Waals surface area contributed by atoms with Crippen molar-refractivity contribution in [1.82, 2.24) is 30.2 Å². The lowest BCUT2D eigenvalue weighted by Crippen LogP contribution is -2.41. The molecule has 4 rings (SSSR count). The normalized spacial score (nSPS) is 16.4. The molecule has 1 aliphatic rings. The van der Waals surface area contributed by atoms with Crippen molar-refractivity contribution < 1.29 is 9.59 Å². The van der Waals surface area contributed by atoms with Crippen LogP contribution in [-0.4, -0.2) is 56.8 Å². The molecule has 2 aromatic heterocycles. The number of rotatable bonds is 4. The number of aromatic nitrogens is 4. The number of hydrogen-bond acceptors (Lipinski definition) is 5. The van der Waals surface area contributed by atoms with E-state index in [0.717, 1.165) is 18.4 Å². The molecular formula is C21H22N6O2. The van der Waals surface area contributed by atoms with E-state index in [0.29, 0.717) is 30.0 Å². The lowest BCUT2D eigenvalue weighted by Gasteiger charge is -2.32. The van der Waals surface area contributed by atoms with Crippen molar-refractivity contribution in [1.29, 1.82) is 0 Å². The molecule has 0 radical (unpaired) electrons. The first-order valence-electron chi connectivity index (χ1n) is 9.60. The van der Waals surface area contributed by atoms with Gasteiger partial charge in [0.25, 0.3) is 11.8 Å². The Kier molecular flexibility index (Phi) is 5.33. The summed E-state index contributed by atoms with van der Waals surface area (Å²) in [6, 6.07) is 13.2. The van der Waals surface area contributed by atoms with Crippen LogP contribution in [0, 0.1) is 0 Å². The van der Waals surface area contributed by atoms with Gasteiger partial charge in [0.05, 0.1) is 23.5 Å². The maximum absolute atomic E-state index is 13.1. The van der Waals surface area contributed by atoms with Gasteiger partial charge in [-0.15, -0.1) is 0 Å². The lowest BCUT2D eigenvalue weighted by molar-refractivity contribution is 0.0671. The fraction of sp³-hybridized carbons (Fsp3) is 0.286. The van der Waals surface area contributed by atoms with E-state index >= 15 is 0 Å². The van der Waals surface area contributed by atoms with Crippen LogP contribution in [0.15, 0.2) is 54.9 Å². The molecule has 3 aromatic rings. The molecule has 1 N–H and O–H groups in total. The SMILES string of the molecule is CNC(=O)c1ccn(C2CCCN(C(=O)c3cnnc(-c4ccccc4)c3)C2)n1. The van der Waals surface area contributed by atoms with Gasteiger partial charge in [-0.1, -0.05) is 30.3 Å². The van der Waals surface area contributed by atoms with E-state index in [4.69, 9.17) is 0 Å². The number of nitrogens with zero attached hydrogens (tertiary/aromatic N) is 5. The standard InChI is InChI=1S/C21H22N6O2/c1-22-20(28)18-9-11-27(25-18)17-8-5-10-26(14-17)21(29)16-12-19(24-23-13-16)15-6-3-2-4-7-15/h2-4,6-7,9,11-13,17H,5,8,10,14H2,1H3,(H,22,28). The van der Waals surface area contributed by atoms with E-state index in [1.807, 2.05) is 35.2 Å². The molecular weight excluding hydrogens is 368 g/mol. The molecule has 3 heterocycles. The van der Waals surface area contributed by atoms with Gasteiger partial charge >= 0.3 is 0 Å². The van der Waals surface area contributed by atoms with Gasteiger partial charge in [-0.3, -0.25) is 14.3 Å². The van der Waals surface area contributed by atoms with Gasteiger partial charge in [-0.05, 0) is 25.0 Å². The minimum atomic E-state index is -0.219. The molecule has 1 atom stereocenters. The summed E-state index contributed by atoms with van der Waals surface area (Å²) in [4.78, 5) is 26.7. The van der Waals surface area contributed by atoms with Gasteiger partial charge in [0.1, 0.15) is 5.69 Å². The van der Waals surface area contributed by atoms with E-state index in [-0.39, 0.29) is 17.9 Å². The van der Waals surface area contributed by atoms with Crippen LogP contribution in [0.2, 0.25) is 0 Å². The molecule has 1 aliphatic heterocycles. The third-order valence-electron chi connectivity index (χ3n) is 5.10. The minimum Gasteiger partial charge on any atom is -0.354 e. The highest BCUT2D eigenvalue weighted by Crippen LogP contribution is 2.23. The van der Waals surface area contributed by atoms with E-state index in [9.17, 15) is 9.59 Å². The van der Waals surface area contributed by atoms with E-state index in [1.54, 1.807) is 30.1 Å². The molecule has 0 aliphatic carbocycles. The number of carbonyl (C=O) groups is 2. The van der Waals surface area contributed by atoms with E-state index in [1.165, 1.54) is 6.20 Å². The Bertz CT molecular complexity index is 1020. The van der Waals surface area contributed by atoms with E-state index in [2.05, 4.69) is 20.6 Å². The van der Waals surface area contributed by atoms with Gasteiger partial charge in [0, 0.05) is 31.9 Å². The molecule has 8 nitrogen and oxygen atoms in total. The Labute approximate surface area is 168 Å². The van der Waals surface area contributed by atoms with Crippen molar-refractivity contribution in [2.24, 2.45) is 0 Å². The van der Waals surface area contributed by atoms with Crippen LogP contribution in [0.3, 0.4) is 0 Å². The summed E-state index contributed by atoms with van der Waals surface area (Å²) in [5.41, 5.74) is 2.49. The van der Waals surface area contributed by atoms with Gasteiger partial charge in [0.2, 0.25) is 0 Å². The Hall–Kier alpha value is -3.55. The van der Waals surface area contributed by atoms with Crippen molar-refractivity contribution in [3.8, 4) is 11.3 Å². The fourth-order valence-electron chi connectivity index (χ4n) is 3.56. The number of benzene rings is 1. The van der Waals surface area contributed by atoms with Crippen LogP contribution < -0.4 is 5.32 Å². The minimum absolute atomic E-state index is 0.0366.